The average Bonchev–Trinajstić information content (AvgIpc) is 2.50. The van der Waals surface area contributed by atoms with Crippen LogP contribution in [0.4, 0.5) is 0 Å². The van der Waals surface area contributed by atoms with E-state index in [2.05, 4.69) is 19.2 Å². The lowest BCUT2D eigenvalue weighted by atomic mass is 10.3. The third-order valence-electron chi connectivity index (χ3n) is 2.72. The van der Waals surface area contributed by atoms with Gasteiger partial charge < -0.3 is 18.9 Å². The van der Waals surface area contributed by atoms with Crippen molar-refractivity contribution >= 4 is 0 Å². The van der Waals surface area contributed by atoms with Crippen LogP contribution < -0.4 is 5.32 Å². The topological polar surface area (TPSA) is 51.0 Å². The molecule has 127 valence electrons. The normalized spacial score (nSPS) is 11.1. The third-order valence-corrected chi connectivity index (χ3v) is 2.72. The summed E-state index contributed by atoms with van der Waals surface area (Å²) < 4.78 is 21.6. The average molecular weight is 304 g/mol. The number of ether oxygens (including phenoxy) is 4. The first-order valence-electron chi connectivity index (χ1n) is 8.36. The second kappa shape index (κ2) is 19.8. The summed E-state index contributed by atoms with van der Waals surface area (Å²) in [5.41, 5.74) is 0. The Kier molecular flexibility index (Phi) is 19.6. The molecule has 1 radical (unpaired) electrons. The summed E-state index contributed by atoms with van der Waals surface area (Å²) in [7, 11) is 0. The van der Waals surface area contributed by atoms with Gasteiger partial charge in [0.25, 0.3) is 0 Å². The van der Waals surface area contributed by atoms with E-state index in [-0.39, 0.29) is 0 Å². The van der Waals surface area contributed by atoms with E-state index in [1.54, 1.807) is 0 Å². The summed E-state index contributed by atoms with van der Waals surface area (Å²) in [6.45, 7) is 9.96. The van der Waals surface area contributed by atoms with E-state index >= 15 is 0 Å². The molecule has 0 N–H and O–H groups in total. The molecule has 0 atom stereocenters. The van der Waals surface area contributed by atoms with Gasteiger partial charge in [0.1, 0.15) is 13.5 Å². The monoisotopic (exact) mass is 304 g/mol. The first-order chi connectivity index (χ1) is 10.4. The summed E-state index contributed by atoms with van der Waals surface area (Å²) in [6.07, 6.45) is 6.32. The minimum Gasteiger partial charge on any atom is -0.381 e. The van der Waals surface area contributed by atoms with E-state index in [0.29, 0.717) is 13.5 Å². The van der Waals surface area contributed by atoms with Gasteiger partial charge in [-0.15, -0.1) is 0 Å². The van der Waals surface area contributed by atoms with E-state index in [9.17, 15) is 0 Å². The molecule has 0 heterocycles. The van der Waals surface area contributed by atoms with Crippen molar-refractivity contribution in [3.63, 3.8) is 0 Å². The van der Waals surface area contributed by atoms with Crippen LogP contribution in [-0.2, 0) is 18.9 Å². The third kappa shape index (κ3) is 19.8. The summed E-state index contributed by atoms with van der Waals surface area (Å²) in [5, 5.41) is 4.16. The summed E-state index contributed by atoms with van der Waals surface area (Å²) in [6, 6.07) is 0. The van der Waals surface area contributed by atoms with Crippen molar-refractivity contribution in [2.75, 3.05) is 53.1 Å². The molecule has 21 heavy (non-hydrogen) atoms. The molecule has 0 amide bonds. The Morgan fingerprint density at radius 3 is 1.29 bits per heavy atom. The van der Waals surface area contributed by atoms with Gasteiger partial charge in [0.2, 0.25) is 0 Å². The molecule has 0 aliphatic rings. The van der Waals surface area contributed by atoms with Crippen LogP contribution in [0.5, 0.6) is 0 Å². The Morgan fingerprint density at radius 2 is 0.905 bits per heavy atom. The van der Waals surface area contributed by atoms with Crippen molar-refractivity contribution in [1.29, 1.82) is 0 Å². The highest BCUT2D eigenvalue weighted by atomic mass is 16.5. The smallest absolute Gasteiger partial charge is 0.115 e. The fourth-order valence-corrected chi connectivity index (χ4v) is 1.60. The van der Waals surface area contributed by atoms with Crippen molar-refractivity contribution in [1.82, 2.24) is 5.32 Å². The number of hydrogen-bond donors (Lipinski definition) is 0. The Morgan fingerprint density at radius 1 is 0.524 bits per heavy atom. The highest BCUT2D eigenvalue weighted by Crippen LogP contribution is 1.93. The fourth-order valence-electron chi connectivity index (χ4n) is 1.60. The first-order valence-corrected chi connectivity index (χ1v) is 8.36. The molecule has 5 nitrogen and oxygen atoms in total. The molecule has 5 heteroatoms. The molecule has 0 aromatic rings. The SMILES string of the molecule is CCCOCCCCOC[N]COCCCCOCCC. The molecule has 0 aromatic carbocycles. The molecule has 0 fully saturated rings. The molecule has 0 spiro atoms. The Balaban J connectivity index is 2.90. The molecule has 0 aliphatic heterocycles. The zero-order valence-corrected chi connectivity index (χ0v) is 14.0. The maximum Gasteiger partial charge on any atom is 0.115 e. The molecular weight excluding hydrogens is 270 g/mol. The van der Waals surface area contributed by atoms with Gasteiger partial charge >= 0.3 is 0 Å². The lowest BCUT2D eigenvalue weighted by molar-refractivity contribution is 0.0472. The Bertz CT molecular complexity index is 164. The number of rotatable bonds is 18. The van der Waals surface area contributed by atoms with Crippen molar-refractivity contribution in [3.05, 3.63) is 0 Å². The van der Waals surface area contributed by atoms with Gasteiger partial charge in [-0.2, -0.15) is 5.32 Å². The molecule has 0 saturated heterocycles. The van der Waals surface area contributed by atoms with Crippen molar-refractivity contribution in [2.24, 2.45) is 0 Å². The van der Waals surface area contributed by atoms with Crippen LogP contribution in [0.25, 0.3) is 0 Å². The van der Waals surface area contributed by atoms with E-state index in [1.807, 2.05) is 0 Å². The Hall–Kier alpha value is -0.200. The predicted octanol–water partition coefficient (Wildman–Crippen LogP) is 2.95. The molecule has 0 unspecified atom stereocenters. The van der Waals surface area contributed by atoms with Gasteiger partial charge in [-0.3, -0.25) is 0 Å². The van der Waals surface area contributed by atoms with Gasteiger partial charge in [0.15, 0.2) is 0 Å². The molecule has 0 aliphatic carbocycles. The number of nitrogens with zero attached hydrogens (tertiary/aromatic N) is 1. The summed E-state index contributed by atoms with van der Waals surface area (Å²) in [5.74, 6) is 0. The molecule has 0 saturated carbocycles. The highest BCUT2D eigenvalue weighted by molar-refractivity contribution is 4.40. The van der Waals surface area contributed by atoms with E-state index in [0.717, 1.165) is 78.2 Å². The van der Waals surface area contributed by atoms with Crippen LogP contribution in [0.1, 0.15) is 52.4 Å². The van der Waals surface area contributed by atoms with Crippen LogP contribution >= 0.6 is 0 Å². The van der Waals surface area contributed by atoms with Gasteiger partial charge in [0.05, 0.1) is 0 Å². The Labute approximate surface area is 130 Å². The molecule has 0 bridgehead atoms. The van der Waals surface area contributed by atoms with Gasteiger partial charge in [-0.05, 0) is 38.5 Å². The van der Waals surface area contributed by atoms with Crippen LogP contribution in [0.2, 0.25) is 0 Å². The lowest BCUT2D eigenvalue weighted by Gasteiger charge is -2.06. The quantitative estimate of drug-likeness (QED) is 0.365. The minimum atomic E-state index is 0.426. The second-order valence-corrected chi connectivity index (χ2v) is 4.94. The van der Waals surface area contributed by atoms with Gasteiger partial charge in [-0.1, -0.05) is 13.8 Å². The maximum atomic E-state index is 5.39. The predicted molar refractivity (Wildman–Crippen MR) is 84.5 cm³/mol. The zero-order valence-electron chi connectivity index (χ0n) is 14.0. The van der Waals surface area contributed by atoms with Crippen molar-refractivity contribution in [3.8, 4) is 0 Å². The van der Waals surface area contributed by atoms with Crippen LogP contribution in [0.15, 0.2) is 0 Å². The maximum absolute atomic E-state index is 5.39. The van der Waals surface area contributed by atoms with E-state index in [1.165, 1.54) is 0 Å². The zero-order chi connectivity index (χ0) is 15.4. The second-order valence-electron chi connectivity index (χ2n) is 4.94. The van der Waals surface area contributed by atoms with Gasteiger partial charge in [-0.25, -0.2) is 0 Å². The number of hydrogen-bond acceptors (Lipinski definition) is 4. The standard InChI is InChI=1S/C16H34NO4/c1-3-9-18-11-5-7-13-20-15-17-16-21-14-8-6-12-19-10-4-2/h3-16H2,1-2H3. The largest absolute Gasteiger partial charge is 0.381 e. The van der Waals surface area contributed by atoms with E-state index < -0.39 is 0 Å². The molecular formula is C16H34NO4. The van der Waals surface area contributed by atoms with Crippen LogP contribution in [0.3, 0.4) is 0 Å². The minimum absolute atomic E-state index is 0.426. The summed E-state index contributed by atoms with van der Waals surface area (Å²) >= 11 is 0. The molecule has 0 rings (SSSR count). The fraction of sp³-hybridized carbons (Fsp3) is 1.00. The van der Waals surface area contributed by atoms with Gasteiger partial charge in [0, 0.05) is 39.6 Å². The summed E-state index contributed by atoms with van der Waals surface area (Å²) in [4.78, 5) is 0. The molecule has 0 aromatic heterocycles. The number of unbranched alkanes of at least 4 members (excludes halogenated alkanes) is 2. The van der Waals surface area contributed by atoms with Crippen molar-refractivity contribution in [2.45, 2.75) is 52.4 Å². The highest BCUT2D eigenvalue weighted by Gasteiger charge is 1.93. The first kappa shape index (κ1) is 20.8. The van der Waals surface area contributed by atoms with E-state index in [4.69, 9.17) is 18.9 Å². The van der Waals surface area contributed by atoms with Crippen molar-refractivity contribution < 1.29 is 18.9 Å². The van der Waals surface area contributed by atoms with Crippen LogP contribution in [-0.4, -0.2) is 53.1 Å². The lowest BCUT2D eigenvalue weighted by Crippen LogP contribution is -2.15. The van der Waals surface area contributed by atoms with Crippen LogP contribution in [0, 0.1) is 0 Å².